The lowest BCUT2D eigenvalue weighted by atomic mass is 10.2. The molecule has 2 unspecified atom stereocenters. The molecule has 0 fully saturated rings. The van der Waals surface area contributed by atoms with Gasteiger partial charge in [0.2, 0.25) is 0 Å². The Balaban J connectivity index is 4.18. The van der Waals surface area contributed by atoms with Gasteiger partial charge in [-0.2, -0.15) is 0 Å². The second-order valence-electron chi connectivity index (χ2n) is 2.43. The summed E-state index contributed by atoms with van der Waals surface area (Å²) in [6, 6.07) is 0. The van der Waals surface area contributed by atoms with Crippen molar-refractivity contribution in [2.45, 2.75) is 30.4 Å². The summed E-state index contributed by atoms with van der Waals surface area (Å²) >= 11 is 11.9. The minimum atomic E-state index is -0.983. The zero-order valence-electron chi connectivity index (χ0n) is 7.23. The standard InChI is InChI=1S/C7H14Cl2O2/c1-5(10-3)7(8,9)6(2)11-4/h5-6H,1-4H3. The first kappa shape index (κ1) is 11.5. The molecule has 68 valence electrons. The maximum absolute atomic E-state index is 5.95. The van der Waals surface area contributed by atoms with E-state index >= 15 is 0 Å². The maximum atomic E-state index is 5.95. The highest BCUT2D eigenvalue weighted by molar-refractivity contribution is 6.49. The quantitative estimate of drug-likeness (QED) is 0.649. The molecule has 0 heterocycles. The molecule has 0 aliphatic rings. The minimum absolute atomic E-state index is 0.249. The molecule has 0 rings (SSSR count). The Morgan fingerprint density at radius 2 is 1.27 bits per heavy atom. The van der Waals surface area contributed by atoms with Gasteiger partial charge in [-0.05, 0) is 13.8 Å². The second kappa shape index (κ2) is 4.51. The van der Waals surface area contributed by atoms with Gasteiger partial charge in [-0.3, -0.25) is 0 Å². The number of ether oxygens (including phenoxy) is 2. The van der Waals surface area contributed by atoms with Gasteiger partial charge >= 0.3 is 0 Å². The number of rotatable bonds is 4. The predicted octanol–water partition coefficient (Wildman–Crippen LogP) is 2.23. The third kappa shape index (κ3) is 2.79. The van der Waals surface area contributed by atoms with E-state index in [1.807, 2.05) is 0 Å². The first-order valence-electron chi connectivity index (χ1n) is 3.40. The Hall–Kier alpha value is 0.500. The molecule has 0 aromatic carbocycles. The lowest BCUT2D eigenvalue weighted by Gasteiger charge is -2.30. The van der Waals surface area contributed by atoms with Gasteiger partial charge in [-0.1, -0.05) is 23.2 Å². The van der Waals surface area contributed by atoms with Gasteiger partial charge in [0.05, 0.1) is 12.2 Å². The lowest BCUT2D eigenvalue weighted by molar-refractivity contribution is 0.0296. The van der Waals surface area contributed by atoms with Crippen molar-refractivity contribution in [3.05, 3.63) is 0 Å². The van der Waals surface area contributed by atoms with Crippen molar-refractivity contribution in [2.24, 2.45) is 0 Å². The maximum Gasteiger partial charge on any atom is 0.169 e. The Morgan fingerprint density at radius 3 is 1.45 bits per heavy atom. The van der Waals surface area contributed by atoms with Crippen LogP contribution < -0.4 is 0 Å². The Morgan fingerprint density at radius 1 is 1.00 bits per heavy atom. The van der Waals surface area contributed by atoms with E-state index < -0.39 is 4.33 Å². The summed E-state index contributed by atoms with van der Waals surface area (Å²) in [5.41, 5.74) is 0. The third-order valence-electron chi connectivity index (χ3n) is 1.79. The molecule has 4 heteroatoms. The van der Waals surface area contributed by atoms with E-state index in [0.717, 1.165) is 0 Å². The number of methoxy groups -OCH3 is 2. The molecule has 0 saturated carbocycles. The zero-order valence-corrected chi connectivity index (χ0v) is 8.74. The summed E-state index contributed by atoms with van der Waals surface area (Å²) in [4.78, 5) is 0. The van der Waals surface area contributed by atoms with Gasteiger partial charge in [0.15, 0.2) is 4.33 Å². The molecule has 11 heavy (non-hydrogen) atoms. The fourth-order valence-corrected chi connectivity index (χ4v) is 1.00. The van der Waals surface area contributed by atoms with Crippen molar-refractivity contribution in [1.29, 1.82) is 0 Å². The normalized spacial score (nSPS) is 18.0. The average molecular weight is 201 g/mol. The Kier molecular flexibility index (Phi) is 4.71. The van der Waals surface area contributed by atoms with Crippen molar-refractivity contribution in [3.63, 3.8) is 0 Å². The molecule has 0 bridgehead atoms. The molecule has 0 aliphatic heterocycles. The smallest absolute Gasteiger partial charge is 0.169 e. The Labute approximate surface area is 77.8 Å². The van der Waals surface area contributed by atoms with E-state index in [0.29, 0.717) is 0 Å². The molecule has 0 N–H and O–H groups in total. The topological polar surface area (TPSA) is 18.5 Å². The van der Waals surface area contributed by atoms with E-state index in [9.17, 15) is 0 Å². The first-order chi connectivity index (χ1) is 4.96. The van der Waals surface area contributed by atoms with Gasteiger partial charge in [-0.15, -0.1) is 0 Å². The molecular weight excluding hydrogens is 187 g/mol. The van der Waals surface area contributed by atoms with Crippen molar-refractivity contribution in [3.8, 4) is 0 Å². The zero-order chi connectivity index (χ0) is 9.07. The monoisotopic (exact) mass is 200 g/mol. The highest BCUT2D eigenvalue weighted by Crippen LogP contribution is 2.32. The molecule has 0 aliphatic carbocycles. The van der Waals surface area contributed by atoms with Crippen LogP contribution in [0.1, 0.15) is 13.8 Å². The number of halogens is 2. The van der Waals surface area contributed by atoms with Crippen molar-refractivity contribution in [1.82, 2.24) is 0 Å². The van der Waals surface area contributed by atoms with Gasteiger partial charge < -0.3 is 9.47 Å². The van der Waals surface area contributed by atoms with E-state index in [4.69, 9.17) is 32.7 Å². The predicted molar refractivity (Wildman–Crippen MR) is 47.4 cm³/mol. The van der Waals surface area contributed by atoms with Crippen LogP contribution in [0.15, 0.2) is 0 Å². The van der Waals surface area contributed by atoms with Crippen LogP contribution in [0.5, 0.6) is 0 Å². The summed E-state index contributed by atoms with van der Waals surface area (Å²) in [5.74, 6) is 0. The van der Waals surface area contributed by atoms with Crippen LogP contribution in [0.3, 0.4) is 0 Å². The highest BCUT2D eigenvalue weighted by Gasteiger charge is 2.38. The van der Waals surface area contributed by atoms with Crippen LogP contribution in [0, 0.1) is 0 Å². The van der Waals surface area contributed by atoms with Crippen LogP contribution in [0.4, 0.5) is 0 Å². The van der Waals surface area contributed by atoms with Crippen LogP contribution in [0.25, 0.3) is 0 Å². The van der Waals surface area contributed by atoms with Crippen molar-refractivity contribution in [2.75, 3.05) is 14.2 Å². The average Bonchev–Trinajstić information content (AvgIpc) is 2.01. The molecule has 2 nitrogen and oxygen atoms in total. The molecule has 0 aromatic rings. The number of hydrogen-bond acceptors (Lipinski definition) is 2. The Bertz CT molecular complexity index is 105. The van der Waals surface area contributed by atoms with E-state index in [1.54, 1.807) is 28.1 Å². The first-order valence-corrected chi connectivity index (χ1v) is 4.15. The summed E-state index contributed by atoms with van der Waals surface area (Å²) < 4.78 is 9.01. The van der Waals surface area contributed by atoms with Crippen molar-refractivity contribution < 1.29 is 9.47 Å². The SMILES string of the molecule is COC(C)C(Cl)(Cl)C(C)OC. The van der Waals surface area contributed by atoms with Crippen molar-refractivity contribution >= 4 is 23.2 Å². The van der Waals surface area contributed by atoms with Gasteiger partial charge in [0.25, 0.3) is 0 Å². The fourth-order valence-electron chi connectivity index (χ4n) is 0.645. The molecule has 0 aromatic heterocycles. The van der Waals surface area contributed by atoms with Crippen LogP contribution in [-0.2, 0) is 9.47 Å². The van der Waals surface area contributed by atoms with E-state index in [-0.39, 0.29) is 12.2 Å². The fraction of sp³-hybridized carbons (Fsp3) is 1.00. The minimum Gasteiger partial charge on any atom is -0.379 e. The molecule has 0 radical (unpaired) electrons. The highest BCUT2D eigenvalue weighted by atomic mass is 35.5. The molecule has 0 amide bonds. The second-order valence-corrected chi connectivity index (χ2v) is 3.87. The summed E-state index contributed by atoms with van der Waals surface area (Å²) in [7, 11) is 3.12. The van der Waals surface area contributed by atoms with E-state index in [2.05, 4.69) is 0 Å². The number of alkyl halides is 2. The van der Waals surface area contributed by atoms with Crippen LogP contribution >= 0.6 is 23.2 Å². The summed E-state index contributed by atoms with van der Waals surface area (Å²) in [5, 5.41) is 0. The largest absolute Gasteiger partial charge is 0.379 e. The number of hydrogen-bond donors (Lipinski definition) is 0. The lowest BCUT2D eigenvalue weighted by Crippen LogP contribution is -2.41. The van der Waals surface area contributed by atoms with E-state index in [1.165, 1.54) is 0 Å². The third-order valence-corrected chi connectivity index (χ3v) is 3.02. The molecule has 0 saturated heterocycles. The van der Waals surface area contributed by atoms with Gasteiger partial charge in [0.1, 0.15) is 0 Å². The van der Waals surface area contributed by atoms with Gasteiger partial charge in [-0.25, -0.2) is 0 Å². The summed E-state index contributed by atoms with van der Waals surface area (Å²) in [6.07, 6.45) is -0.499. The molecule has 2 atom stereocenters. The van der Waals surface area contributed by atoms with Gasteiger partial charge in [0, 0.05) is 14.2 Å². The summed E-state index contributed by atoms with van der Waals surface area (Å²) in [6.45, 7) is 3.60. The van der Waals surface area contributed by atoms with Crippen LogP contribution in [-0.4, -0.2) is 30.8 Å². The molecular formula is C7H14Cl2O2. The molecule has 0 spiro atoms. The van der Waals surface area contributed by atoms with Crippen LogP contribution in [0.2, 0.25) is 0 Å².